The van der Waals surface area contributed by atoms with Gasteiger partial charge in [-0.2, -0.15) is 4.98 Å². The Bertz CT molecular complexity index is 909. The number of hydrogen-bond acceptors (Lipinski definition) is 6. The number of nitrogens with zero attached hydrogens (tertiary/aromatic N) is 4. The van der Waals surface area contributed by atoms with Crippen LogP contribution in [-0.2, 0) is 17.6 Å². The lowest BCUT2D eigenvalue weighted by Gasteiger charge is -2.22. The van der Waals surface area contributed by atoms with Gasteiger partial charge in [-0.25, -0.2) is 9.97 Å². The van der Waals surface area contributed by atoms with Gasteiger partial charge in [0.1, 0.15) is 0 Å². The van der Waals surface area contributed by atoms with Gasteiger partial charge in [0.15, 0.2) is 21.4 Å². The van der Waals surface area contributed by atoms with Gasteiger partial charge in [-0.1, -0.05) is 48.6 Å². The quantitative estimate of drug-likeness (QED) is 0.664. The van der Waals surface area contributed by atoms with Gasteiger partial charge in [0.05, 0.1) is 17.9 Å². The number of thiazole rings is 1. The number of aromatic nitrogens is 3. The van der Waals surface area contributed by atoms with Crippen LogP contribution in [0.3, 0.4) is 0 Å². The highest BCUT2D eigenvalue weighted by atomic mass is 32.1. The van der Waals surface area contributed by atoms with E-state index in [0.717, 1.165) is 47.9 Å². The summed E-state index contributed by atoms with van der Waals surface area (Å²) in [4.78, 5) is 29.5. The second-order valence-corrected chi connectivity index (χ2v) is 7.60. The highest BCUT2D eigenvalue weighted by Crippen LogP contribution is 2.32. The van der Waals surface area contributed by atoms with Crippen LogP contribution in [0, 0.1) is 0 Å². The summed E-state index contributed by atoms with van der Waals surface area (Å²) in [6, 6.07) is 10.1. The SMILES string of the molecule is CCc1cnc2nc(N3CCC[C@@H]3C(=O)CCc3ccccc3)sc2n1. The van der Waals surface area contributed by atoms with Gasteiger partial charge in [0.2, 0.25) is 0 Å². The number of carbonyl (C=O) groups is 1. The number of carbonyl (C=O) groups excluding carboxylic acids is 1. The third-order valence-corrected chi connectivity index (χ3v) is 5.87. The summed E-state index contributed by atoms with van der Waals surface area (Å²) in [7, 11) is 0. The zero-order chi connectivity index (χ0) is 17.9. The summed E-state index contributed by atoms with van der Waals surface area (Å²) in [6.07, 6.45) is 5.96. The molecule has 0 unspecified atom stereocenters. The molecule has 26 heavy (non-hydrogen) atoms. The van der Waals surface area contributed by atoms with Crippen molar-refractivity contribution in [3.63, 3.8) is 0 Å². The lowest BCUT2D eigenvalue weighted by molar-refractivity contribution is -0.120. The summed E-state index contributed by atoms with van der Waals surface area (Å²) < 4.78 is 0. The van der Waals surface area contributed by atoms with Crippen LogP contribution in [0.4, 0.5) is 5.13 Å². The molecule has 0 saturated carbocycles. The second-order valence-electron chi connectivity index (χ2n) is 6.64. The van der Waals surface area contributed by atoms with Crippen LogP contribution in [0.5, 0.6) is 0 Å². The van der Waals surface area contributed by atoms with Gasteiger partial charge in [0.25, 0.3) is 0 Å². The monoisotopic (exact) mass is 366 g/mol. The molecule has 1 aliphatic rings. The molecular weight excluding hydrogens is 344 g/mol. The summed E-state index contributed by atoms with van der Waals surface area (Å²) in [6.45, 7) is 2.95. The molecule has 6 heteroatoms. The van der Waals surface area contributed by atoms with Crippen molar-refractivity contribution in [3.05, 3.63) is 47.8 Å². The minimum absolute atomic E-state index is 0.0649. The van der Waals surface area contributed by atoms with Crippen LogP contribution in [0.2, 0.25) is 0 Å². The van der Waals surface area contributed by atoms with Gasteiger partial charge >= 0.3 is 0 Å². The van der Waals surface area contributed by atoms with Gasteiger partial charge in [0, 0.05) is 13.0 Å². The van der Waals surface area contributed by atoms with Crippen LogP contribution in [0.25, 0.3) is 10.5 Å². The molecule has 3 heterocycles. The molecule has 1 fully saturated rings. The molecule has 0 spiro atoms. The Labute approximate surface area is 157 Å². The highest BCUT2D eigenvalue weighted by Gasteiger charge is 2.32. The molecule has 1 aliphatic heterocycles. The van der Waals surface area contributed by atoms with Crippen molar-refractivity contribution in [2.24, 2.45) is 0 Å². The molecule has 0 radical (unpaired) electrons. The standard InChI is InChI=1S/C20H22N4OS/c1-2-15-13-21-18-19(22-15)26-20(23-18)24-12-6-9-16(24)17(25)11-10-14-7-4-3-5-8-14/h3-5,7-8,13,16H,2,6,9-12H2,1H3/t16-/m1/s1. The predicted molar refractivity (Wildman–Crippen MR) is 105 cm³/mol. The normalized spacial score (nSPS) is 17.1. The molecule has 0 amide bonds. The van der Waals surface area contributed by atoms with E-state index < -0.39 is 0 Å². The number of rotatable bonds is 6. The minimum atomic E-state index is -0.0649. The summed E-state index contributed by atoms with van der Waals surface area (Å²) in [5.41, 5.74) is 2.88. The molecule has 3 aromatic rings. The average Bonchev–Trinajstić information content (AvgIpc) is 3.32. The molecule has 2 aromatic heterocycles. The van der Waals surface area contributed by atoms with E-state index in [9.17, 15) is 4.79 Å². The Hall–Kier alpha value is -2.34. The molecule has 0 aliphatic carbocycles. The maximum absolute atomic E-state index is 12.8. The zero-order valence-electron chi connectivity index (χ0n) is 14.9. The molecule has 5 nitrogen and oxygen atoms in total. The number of hydrogen-bond donors (Lipinski definition) is 0. The number of benzene rings is 1. The zero-order valence-corrected chi connectivity index (χ0v) is 15.7. The predicted octanol–water partition coefficient (Wildman–Crippen LogP) is 3.82. The third-order valence-electron chi connectivity index (χ3n) is 4.90. The molecule has 1 aromatic carbocycles. The molecule has 0 N–H and O–H groups in total. The van der Waals surface area contributed by atoms with Crippen molar-refractivity contribution in [3.8, 4) is 0 Å². The highest BCUT2D eigenvalue weighted by molar-refractivity contribution is 7.21. The summed E-state index contributed by atoms with van der Waals surface area (Å²) >= 11 is 1.55. The summed E-state index contributed by atoms with van der Waals surface area (Å²) in [5, 5.41) is 0.879. The lowest BCUT2D eigenvalue weighted by Crippen LogP contribution is -2.36. The molecule has 1 saturated heterocycles. The van der Waals surface area contributed by atoms with E-state index in [2.05, 4.69) is 38.9 Å². The first-order valence-electron chi connectivity index (χ1n) is 9.20. The Morgan fingerprint density at radius 3 is 2.92 bits per heavy atom. The van der Waals surface area contributed by atoms with E-state index in [1.54, 1.807) is 17.5 Å². The third kappa shape index (κ3) is 3.46. The van der Waals surface area contributed by atoms with E-state index in [4.69, 9.17) is 0 Å². The van der Waals surface area contributed by atoms with Crippen molar-refractivity contribution in [1.29, 1.82) is 0 Å². The maximum Gasteiger partial charge on any atom is 0.191 e. The van der Waals surface area contributed by atoms with E-state index in [0.29, 0.717) is 17.9 Å². The largest absolute Gasteiger partial charge is 0.338 e. The number of Topliss-reactive ketones (excluding diaryl/α,β-unsaturated/α-hetero) is 1. The van der Waals surface area contributed by atoms with E-state index in [1.165, 1.54) is 5.56 Å². The van der Waals surface area contributed by atoms with E-state index in [-0.39, 0.29) is 6.04 Å². The Morgan fingerprint density at radius 1 is 1.27 bits per heavy atom. The van der Waals surface area contributed by atoms with Crippen LogP contribution < -0.4 is 4.90 Å². The number of ketones is 1. The molecule has 0 bridgehead atoms. The van der Waals surface area contributed by atoms with Crippen LogP contribution >= 0.6 is 11.3 Å². The minimum Gasteiger partial charge on any atom is -0.338 e. The Kier molecular flexibility index (Phi) is 4.93. The van der Waals surface area contributed by atoms with Crippen LogP contribution in [-0.4, -0.2) is 33.3 Å². The fourth-order valence-electron chi connectivity index (χ4n) is 3.45. The lowest BCUT2D eigenvalue weighted by atomic mass is 10.0. The first-order valence-corrected chi connectivity index (χ1v) is 10.0. The van der Waals surface area contributed by atoms with Gasteiger partial charge < -0.3 is 4.90 Å². The fourth-order valence-corrected chi connectivity index (χ4v) is 4.44. The van der Waals surface area contributed by atoms with E-state index in [1.807, 2.05) is 18.2 Å². The topological polar surface area (TPSA) is 59.0 Å². The molecule has 4 rings (SSSR count). The first kappa shape index (κ1) is 17.1. The fraction of sp³-hybridized carbons (Fsp3) is 0.400. The van der Waals surface area contributed by atoms with Gasteiger partial charge in [-0.3, -0.25) is 4.79 Å². The van der Waals surface area contributed by atoms with Crippen molar-refractivity contribution >= 4 is 32.7 Å². The number of aryl methyl sites for hydroxylation is 2. The van der Waals surface area contributed by atoms with Gasteiger partial charge in [-0.15, -0.1) is 0 Å². The van der Waals surface area contributed by atoms with E-state index >= 15 is 0 Å². The molecule has 134 valence electrons. The summed E-state index contributed by atoms with van der Waals surface area (Å²) in [5.74, 6) is 0.306. The number of fused-ring (bicyclic) bond motifs is 1. The Balaban J connectivity index is 1.50. The second kappa shape index (κ2) is 7.50. The molecular formula is C20H22N4OS. The number of anilines is 1. The maximum atomic E-state index is 12.8. The molecule has 1 atom stereocenters. The van der Waals surface area contributed by atoms with Crippen molar-refractivity contribution in [2.45, 2.75) is 45.1 Å². The Morgan fingerprint density at radius 2 is 2.12 bits per heavy atom. The van der Waals surface area contributed by atoms with Crippen molar-refractivity contribution in [2.75, 3.05) is 11.4 Å². The van der Waals surface area contributed by atoms with Crippen LogP contribution in [0.1, 0.15) is 37.4 Å². The smallest absolute Gasteiger partial charge is 0.191 e. The average molecular weight is 366 g/mol. The van der Waals surface area contributed by atoms with Crippen LogP contribution in [0.15, 0.2) is 36.5 Å². The first-order chi connectivity index (χ1) is 12.7. The van der Waals surface area contributed by atoms with Crippen molar-refractivity contribution < 1.29 is 4.79 Å². The van der Waals surface area contributed by atoms with Gasteiger partial charge in [-0.05, 0) is 31.2 Å². The van der Waals surface area contributed by atoms with Crippen molar-refractivity contribution in [1.82, 2.24) is 15.0 Å².